The molecule has 1 atom stereocenters. The van der Waals surface area contributed by atoms with Crippen molar-refractivity contribution in [1.29, 1.82) is 0 Å². The lowest BCUT2D eigenvalue weighted by Gasteiger charge is -2.22. The van der Waals surface area contributed by atoms with Crippen LogP contribution in [0.1, 0.15) is 18.9 Å². The van der Waals surface area contributed by atoms with Crippen LogP contribution in [-0.4, -0.2) is 36.2 Å². The zero-order valence-corrected chi connectivity index (χ0v) is 13.7. The molecule has 0 radical (unpaired) electrons. The molecule has 1 fully saturated rings. The Hall–Kier alpha value is -0.710. The van der Waals surface area contributed by atoms with Gasteiger partial charge in [0.25, 0.3) is 0 Å². The molecule has 0 aliphatic carbocycles. The molecular weight excluding hydrogens is 292 g/mol. The van der Waals surface area contributed by atoms with Gasteiger partial charge in [0, 0.05) is 18.0 Å². The van der Waals surface area contributed by atoms with Gasteiger partial charge in [0.05, 0.1) is 5.75 Å². The molecule has 1 aliphatic rings. The lowest BCUT2D eigenvalue weighted by molar-refractivity contribution is -0.127. The van der Waals surface area contributed by atoms with Gasteiger partial charge in [-0.15, -0.1) is 24.2 Å². The number of amides is 1. The van der Waals surface area contributed by atoms with Gasteiger partial charge < -0.3 is 10.6 Å². The molecule has 1 unspecified atom stereocenters. The van der Waals surface area contributed by atoms with Crippen LogP contribution in [0.4, 0.5) is 0 Å². The van der Waals surface area contributed by atoms with E-state index in [9.17, 15) is 4.79 Å². The van der Waals surface area contributed by atoms with Crippen molar-refractivity contribution in [2.24, 2.45) is 11.1 Å². The molecule has 1 amide bonds. The van der Waals surface area contributed by atoms with Gasteiger partial charge in [-0.05, 0) is 36.9 Å². The monoisotopic (exact) mass is 314 g/mol. The van der Waals surface area contributed by atoms with Crippen molar-refractivity contribution < 1.29 is 4.79 Å². The number of hydrogen-bond acceptors (Lipinski definition) is 3. The summed E-state index contributed by atoms with van der Waals surface area (Å²) in [4.78, 5) is 15.3. The highest BCUT2D eigenvalue weighted by molar-refractivity contribution is 8.00. The third-order valence-corrected chi connectivity index (χ3v) is 5.01. The van der Waals surface area contributed by atoms with Crippen molar-refractivity contribution in [2.45, 2.75) is 25.2 Å². The number of halogens is 1. The Morgan fingerprint density at radius 2 is 2.15 bits per heavy atom. The highest BCUT2D eigenvalue weighted by Gasteiger charge is 2.34. The van der Waals surface area contributed by atoms with Crippen molar-refractivity contribution >= 4 is 30.1 Å². The Balaban J connectivity index is 0.00000200. The minimum absolute atomic E-state index is 0. The Morgan fingerprint density at radius 3 is 2.75 bits per heavy atom. The molecule has 5 heteroatoms. The molecule has 0 bridgehead atoms. The second-order valence-corrected chi connectivity index (χ2v) is 6.65. The number of hydrogen-bond donors (Lipinski definition) is 1. The summed E-state index contributed by atoms with van der Waals surface area (Å²) in [6.45, 7) is 6.54. The van der Waals surface area contributed by atoms with Crippen molar-refractivity contribution in [3.63, 3.8) is 0 Å². The lowest BCUT2D eigenvalue weighted by Crippen LogP contribution is -2.35. The molecule has 2 rings (SSSR count). The summed E-state index contributed by atoms with van der Waals surface area (Å²) < 4.78 is 0. The summed E-state index contributed by atoms with van der Waals surface area (Å²) in [5.74, 6) is 0.747. The SMILES string of the molecule is Cc1ccccc1SCC(=O)N1CCC(C)(CN)C1.Cl. The molecule has 0 spiro atoms. The maximum atomic E-state index is 12.2. The van der Waals surface area contributed by atoms with E-state index in [1.54, 1.807) is 11.8 Å². The molecule has 1 aromatic carbocycles. The molecule has 2 N–H and O–H groups in total. The van der Waals surface area contributed by atoms with E-state index in [-0.39, 0.29) is 23.7 Å². The summed E-state index contributed by atoms with van der Waals surface area (Å²) in [7, 11) is 0. The molecular formula is C15H23ClN2OS. The van der Waals surface area contributed by atoms with Crippen molar-refractivity contribution in [3.8, 4) is 0 Å². The van der Waals surface area contributed by atoms with Crippen LogP contribution < -0.4 is 5.73 Å². The second-order valence-electron chi connectivity index (χ2n) is 5.63. The highest BCUT2D eigenvalue weighted by Crippen LogP contribution is 2.29. The fourth-order valence-corrected chi connectivity index (χ4v) is 3.28. The van der Waals surface area contributed by atoms with Gasteiger partial charge in [0.1, 0.15) is 0 Å². The summed E-state index contributed by atoms with van der Waals surface area (Å²) >= 11 is 1.63. The second kappa shape index (κ2) is 7.34. The van der Waals surface area contributed by atoms with Gasteiger partial charge in [-0.25, -0.2) is 0 Å². The van der Waals surface area contributed by atoms with E-state index in [1.165, 1.54) is 10.5 Å². The number of nitrogens with two attached hydrogens (primary N) is 1. The first kappa shape index (κ1) is 17.3. The predicted octanol–water partition coefficient (Wildman–Crippen LogP) is 2.71. The number of nitrogens with zero attached hydrogens (tertiary/aromatic N) is 1. The zero-order chi connectivity index (χ0) is 13.9. The third kappa shape index (κ3) is 4.14. The fourth-order valence-electron chi connectivity index (χ4n) is 2.35. The van der Waals surface area contributed by atoms with Crippen LogP contribution in [0, 0.1) is 12.3 Å². The molecule has 0 saturated carbocycles. The fraction of sp³-hybridized carbons (Fsp3) is 0.533. The molecule has 112 valence electrons. The van der Waals surface area contributed by atoms with Crippen molar-refractivity contribution in [1.82, 2.24) is 4.90 Å². The van der Waals surface area contributed by atoms with E-state index >= 15 is 0 Å². The largest absolute Gasteiger partial charge is 0.341 e. The van der Waals surface area contributed by atoms with E-state index in [0.717, 1.165) is 19.5 Å². The van der Waals surface area contributed by atoms with Crippen LogP contribution in [0.25, 0.3) is 0 Å². The minimum atomic E-state index is 0. The molecule has 20 heavy (non-hydrogen) atoms. The van der Waals surface area contributed by atoms with E-state index in [4.69, 9.17) is 5.73 Å². The van der Waals surface area contributed by atoms with Gasteiger partial charge >= 0.3 is 0 Å². The first-order chi connectivity index (χ1) is 9.04. The maximum absolute atomic E-state index is 12.2. The number of likely N-dealkylation sites (tertiary alicyclic amines) is 1. The van der Waals surface area contributed by atoms with Gasteiger partial charge in [-0.3, -0.25) is 4.79 Å². The smallest absolute Gasteiger partial charge is 0.232 e. The first-order valence-electron chi connectivity index (χ1n) is 6.70. The molecule has 1 saturated heterocycles. The van der Waals surface area contributed by atoms with Crippen LogP contribution >= 0.6 is 24.2 Å². The van der Waals surface area contributed by atoms with Gasteiger partial charge in [-0.1, -0.05) is 25.1 Å². The minimum Gasteiger partial charge on any atom is -0.341 e. The first-order valence-corrected chi connectivity index (χ1v) is 7.69. The van der Waals surface area contributed by atoms with E-state index in [1.807, 2.05) is 17.0 Å². The number of rotatable bonds is 4. The Labute approximate surface area is 131 Å². The molecule has 1 aliphatic heterocycles. The van der Waals surface area contributed by atoms with Crippen molar-refractivity contribution in [3.05, 3.63) is 29.8 Å². The number of carbonyl (C=O) groups excluding carboxylic acids is 1. The van der Waals surface area contributed by atoms with Crippen LogP contribution in [0.15, 0.2) is 29.2 Å². The van der Waals surface area contributed by atoms with Crippen LogP contribution in [0.5, 0.6) is 0 Å². The van der Waals surface area contributed by atoms with Crippen LogP contribution in [-0.2, 0) is 4.79 Å². The average Bonchev–Trinajstić information content (AvgIpc) is 2.81. The third-order valence-electron chi connectivity index (χ3n) is 3.85. The Morgan fingerprint density at radius 1 is 1.45 bits per heavy atom. The van der Waals surface area contributed by atoms with Gasteiger partial charge in [-0.2, -0.15) is 0 Å². The topological polar surface area (TPSA) is 46.3 Å². The predicted molar refractivity (Wildman–Crippen MR) is 87.5 cm³/mol. The maximum Gasteiger partial charge on any atom is 0.232 e. The van der Waals surface area contributed by atoms with Gasteiger partial charge in [0.2, 0.25) is 5.91 Å². The number of aryl methyl sites for hydroxylation is 1. The summed E-state index contributed by atoms with van der Waals surface area (Å²) in [6, 6.07) is 8.19. The summed E-state index contributed by atoms with van der Waals surface area (Å²) in [5, 5.41) is 0. The standard InChI is InChI=1S/C15H22N2OS.ClH/c1-12-5-3-4-6-13(12)19-9-14(18)17-8-7-15(2,10-16)11-17;/h3-6H,7-11,16H2,1-2H3;1H. The summed E-state index contributed by atoms with van der Waals surface area (Å²) in [5.41, 5.74) is 7.12. The normalized spacial score (nSPS) is 21.6. The number of benzene rings is 1. The summed E-state index contributed by atoms with van der Waals surface area (Å²) in [6.07, 6.45) is 1.02. The Kier molecular flexibility index (Phi) is 6.37. The molecule has 0 aromatic heterocycles. The zero-order valence-electron chi connectivity index (χ0n) is 12.1. The van der Waals surface area contributed by atoms with Crippen LogP contribution in [0.2, 0.25) is 0 Å². The van der Waals surface area contributed by atoms with Crippen molar-refractivity contribution in [2.75, 3.05) is 25.4 Å². The average molecular weight is 315 g/mol. The quantitative estimate of drug-likeness (QED) is 0.869. The number of carbonyl (C=O) groups is 1. The molecule has 3 nitrogen and oxygen atoms in total. The Bertz CT molecular complexity index is 469. The molecule has 1 aromatic rings. The van der Waals surface area contributed by atoms with E-state index in [0.29, 0.717) is 12.3 Å². The van der Waals surface area contributed by atoms with Gasteiger partial charge in [0.15, 0.2) is 0 Å². The number of thioether (sulfide) groups is 1. The van der Waals surface area contributed by atoms with E-state index in [2.05, 4.69) is 26.0 Å². The lowest BCUT2D eigenvalue weighted by atomic mass is 9.90. The molecule has 1 heterocycles. The highest BCUT2D eigenvalue weighted by atomic mass is 35.5. The van der Waals surface area contributed by atoms with Crippen LogP contribution in [0.3, 0.4) is 0 Å². The van der Waals surface area contributed by atoms with E-state index < -0.39 is 0 Å².